The predicted octanol–water partition coefficient (Wildman–Crippen LogP) is 1.09. The Morgan fingerprint density at radius 2 is 1.91 bits per heavy atom. The summed E-state index contributed by atoms with van der Waals surface area (Å²) in [6, 6.07) is -0.120. The number of amides is 1. The highest BCUT2D eigenvalue weighted by molar-refractivity contribution is 5.82. The van der Waals surface area contributed by atoms with E-state index in [0.29, 0.717) is 12.5 Å². The summed E-state index contributed by atoms with van der Waals surface area (Å²) >= 11 is 0. The van der Waals surface area contributed by atoms with E-state index in [1.165, 1.54) is 51.7 Å². The lowest BCUT2D eigenvalue weighted by Gasteiger charge is -2.37. The zero-order chi connectivity index (χ0) is 15.2. The Morgan fingerprint density at radius 1 is 1.09 bits per heavy atom. The lowest BCUT2D eigenvalue weighted by atomic mass is 9.96. The first-order valence-corrected chi connectivity index (χ1v) is 9.15. The lowest BCUT2D eigenvalue weighted by molar-refractivity contribution is -0.138. The fourth-order valence-electron chi connectivity index (χ4n) is 4.04. The van der Waals surface area contributed by atoms with Gasteiger partial charge < -0.3 is 19.9 Å². The highest BCUT2D eigenvalue weighted by atomic mass is 16.5. The van der Waals surface area contributed by atoms with Crippen molar-refractivity contribution in [3.8, 4) is 0 Å². The molecule has 126 valence electrons. The highest BCUT2D eigenvalue weighted by Crippen LogP contribution is 2.20. The molecule has 2 atom stereocenters. The van der Waals surface area contributed by atoms with Gasteiger partial charge in [0.05, 0.1) is 13.2 Å². The van der Waals surface area contributed by atoms with E-state index >= 15 is 0 Å². The van der Waals surface area contributed by atoms with E-state index in [2.05, 4.69) is 15.1 Å². The molecule has 3 saturated heterocycles. The minimum atomic E-state index is -0.120. The van der Waals surface area contributed by atoms with E-state index in [9.17, 15) is 4.79 Å². The number of likely N-dealkylation sites (tertiary alicyclic amines) is 2. The van der Waals surface area contributed by atoms with Crippen LogP contribution in [0.5, 0.6) is 0 Å². The van der Waals surface area contributed by atoms with Crippen LogP contribution >= 0.6 is 0 Å². The summed E-state index contributed by atoms with van der Waals surface area (Å²) in [5, 5.41) is 3.29. The molecule has 22 heavy (non-hydrogen) atoms. The fourth-order valence-corrected chi connectivity index (χ4v) is 4.04. The van der Waals surface area contributed by atoms with Crippen LogP contribution in [0.4, 0.5) is 0 Å². The molecule has 0 spiro atoms. The van der Waals surface area contributed by atoms with Gasteiger partial charge in [-0.05, 0) is 44.7 Å². The van der Waals surface area contributed by atoms with Gasteiger partial charge in [-0.25, -0.2) is 0 Å². The Labute approximate surface area is 134 Å². The maximum atomic E-state index is 12.6. The van der Waals surface area contributed by atoms with Crippen molar-refractivity contribution in [3.05, 3.63) is 0 Å². The summed E-state index contributed by atoms with van der Waals surface area (Å²) in [5.74, 6) is 0.903. The third-order valence-corrected chi connectivity index (χ3v) is 5.27. The number of nitrogens with zero attached hydrogens (tertiary/aromatic N) is 2. The summed E-state index contributed by atoms with van der Waals surface area (Å²) in [4.78, 5) is 17.3. The molecule has 5 nitrogen and oxygen atoms in total. The molecule has 0 aromatic carbocycles. The number of hydrogen-bond acceptors (Lipinski definition) is 4. The van der Waals surface area contributed by atoms with Gasteiger partial charge in [0, 0.05) is 26.2 Å². The predicted molar refractivity (Wildman–Crippen MR) is 86.8 cm³/mol. The molecular formula is C17H31N3O2. The molecule has 0 aliphatic carbocycles. The number of carbonyl (C=O) groups is 1. The van der Waals surface area contributed by atoms with E-state index < -0.39 is 0 Å². The lowest BCUT2D eigenvalue weighted by Crippen LogP contribution is -2.55. The van der Waals surface area contributed by atoms with Crippen molar-refractivity contribution in [1.82, 2.24) is 15.1 Å². The van der Waals surface area contributed by atoms with Gasteiger partial charge >= 0.3 is 0 Å². The summed E-state index contributed by atoms with van der Waals surface area (Å²) in [6.45, 7) is 7.60. The van der Waals surface area contributed by atoms with Crippen LogP contribution in [0.25, 0.3) is 0 Å². The van der Waals surface area contributed by atoms with E-state index in [1.807, 2.05) is 0 Å². The van der Waals surface area contributed by atoms with Gasteiger partial charge in [0.25, 0.3) is 0 Å². The van der Waals surface area contributed by atoms with Crippen LogP contribution in [-0.4, -0.2) is 74.2 Å². The normalized spacial score (nSPS) is 31.7. The maximum absolute atomic E-state index is 12.6. The van der Waals surface area contributed by atoms with Crippen LogP contribution in [-0.2, 0) is 9.53 Å². The van der Waals surface area contributed by atoms with Crippen LogP contribution in [0.3, 0.4) is 0 Å². The highest BCUT2D eigenvalue weighted by Gasteiger charge is 2.30. The SMILES string of the molecule is O=C(C1COCCN1)N1CCCC(CN2CCCCCC2)C1. The Kier molecular flexibility index (Phi) is 6.10. The van der Waals surface area contributed by atoms with Gasteiger partial charge in [0.2, 0.25) is 5.91 Å². The van der Waals surface area contributed by atoms with Crippen LogP contribution in [0.15, 0.2) is 0 Å². The fraction of sp³-hybridized carbons (Fsp3) is 0.941. The number of piperidine rings is 1. The summed E-state index contributed by atoms with van der Waals surface area (Å²) < 4.78 is 5.44. The number of ether oxygens (including phenoxy) is 1. The molecule has 2 unspecified atom stereocenters. The number of carbonyl (C=O) groups excluding carboxylic acids is 1. The molecule has 3 aliphatic heterocycles. The van der Waals surface area contributed by atoms with Gasteiger partial charge in [-0.3, -0.25) is 4.79 Å². The second-order valence-corrected chi connectivity index (χ2v) is 7.09. The number of nitrogens with one attached hydrogen (secondary N) is 1. The zero-order valence-corrected chi connectivity index (χ0v) is 13.8. The molecule has 3 heterocycles. The molecule has 0 aromatic heterocycles. The summed E-state index contributed by atoms with van der Waals surface area (Å²) in [5.41, 5.74) is 0. The summed E-state index contributed by atoms with van der Waals surface area (Å²) in [7, 11) is 0. The minimum absolute atomic E-state index is 0.120. The topological polar surface area (TPSA) is 44.8 Å². The standard InChI is InChI=1S/C17H31N3O2/c21-17(16-14-22-11-7-18-16)20-10-5-6-15(13-20)12-19-8-3-1-2-4-9-19/h15-16,18H,1-14H2. The molecule has 0 bridgehead atoms. The quantitative estimate of drug-likeness (QED) is 0.848. The maximum Gasteiger partial charge on any atom is 0.242 e. The van der Waals surface area contributed by atoms with Crippen molar-refractivity contribution in [2.45, 2.75) is 44.6 Å². The molecule has 3 fully saturated rings. The number of morpholine rings is 1. The molecular weight excluding hydrogens is 278 g/mol. The van der Waals surface area contributed by atoms with Crippen molar-refractivity contribution < 1.29 is 9.53 Å². The second-order valence-electron chi connectivity index (χ2n) is 7.09. The van der Waals surface area contributed by atoms with Crippen molar-refractivity contribution in [2.75, 3.05) is 52.5 Å². The largest absolute Gasteiger partial charge is 0.378 e. The van der Waals surface area contributed by atoms with Gasteiger partial charge in [0.15, 0.2) is 0 Å². The Morgan fingerprint density at radius 3 is 2.64 bits per heavy atom. The number of hydrogen-bond donors (Lipinski definition) is 1. The van der Waals surface area contributed by atoms with Crippen molar-refractivity contribution in [3.63, 3.8) is 0 Å². The smallest absolute Gasteiger partial charge is 0.242 e. The minimum Gasteiger partial charge on any atom is -0.378 e. The van der Waals surface area contributed by atoms with Crippen LogP contribution in [0.2, 0.25) is 0 Å². The molecule has 0 radical (unpaired) electrons. The second kappa shape index (κ2) is 8.27. The van der Waals surface area contributed by atoms with E-state index in [-0.39, 0.29) is 11.9 Å². The van der Waals surface area contributed by atoms with Crippen LogP contribution in [0.1, 0.15) is 38.5 Å². The average Bonchev–Trinajstić information content (AvgIpc) is 2.84. The van der Waals surface area contributed by atoms with Gasteiger partial charge in [-0.1, -0.05) is 12.8 Å². The van der Waals surface area contributed by atoms with Crippen molar-refractivity contribution >= 4 is 5.91 Å². The summed E-state index contributed by atoms with van der Waals surface area (Å²) in [6.07, 6.45) is 7.89. The molecule has 0 saturated carbocycles. The first kappa shape index (κ1) is 16.2. The van der Waals surface area contributed by atoms with Gasteiger partial charge in [-0.2, -0.15) is 0 Å². The first-order valence-electron chi connectivity index (χ1n) is 9.15. The van der Waals surface area contributed by atoms with Crippen molar-refractivity contribution in [2.24, 2.45) is 5.92 Å². The first-order chi connectivity index (χ1) is 10.8. The molecule has 1 N–H and O–H groups in total. The molecule has 0 aromatic rings. The Hall–Kier alpha value is -0.650. The Balaban J connectivity index is 1.48. The number of rotatable bonds is 3. The van der Waals surface area contributed by atoms with Gasteiger partial charge in [0.1, 0.15) is 6.04 Å². The Bertz CT molecular complexity index is 350. The molecule has 3 aliphatic rings. The zero-order valence-electron chi connectivity index (χ0n) is 13.8. The van der Waals surface area contributed by atoms with Crippen LogP contribution in [0, 0.1) is 5.92 Å². The third-order valence-electron chi connectivity index (χ3n) is 5.27. The van der Waals surface area contributed by atoms with Gasteiger partial charge in [-0.15, -0.1) is 0 Å². The average molecular weight is 309 g/mol. The third kappa shape index (κ3) is 4.43. The van der Waals surface area contributed by atoms with Crippen LogP contribution < -0.4 is 5.32 Å². The molecule has 1 amide bonds. The molecule has 5 heteroatoms. The van der Waals surface area contributed by atoms with E-state index in [4.69, 9.17) is 4.74 Å². The monoisotopic (exact) mass is 309 g/mol. The van der Waals surface area contributed by atoms with E-state index in [0.717, 1.165) is 32.7 Å². The van der Waals surface area contributed by atoms with E-state index in [1.54, 1.807) is 0 Å². The van der Waals surface area contributed by atoms with Crippen molar-refractivity contribution in [1.29, 1.82) is 0 Å². The molecule has 3 rings (SSSR count).